The van der Waals surface area contributed by atoms with Crippen LogP contribution >= 0.6 is 0 Å². The minimum absolute atomic E-state index is 0.0816. The summed E-state index contributed by atoms with van der Waals surface area (Å²) in [5.41, 5.74) is 0.857. The third-order valence-corrected chi connectivity index (χ3v) is 4.35. The van der Waals surface area contributed by atoms with Gasteiger partial charge in [-0.15, -0.1) is 10.2 Å². The fourth-order valence-corrected chi connectivity index (χ4v) is 2.95. The number of carbonyl (C=O) groups is 2. The summed E-state index contributed by atoms with van der Waals surface area (Å²) in [5.74, 6) is -0.571. The van der Waals surface area contributed by atoms with E-state index in [1.165, 1.54) is 30.9 Å². The zero-order valence-corrected chi connectivity index (χ0v) is 16.8. The number of nitrogens with zero attached hydrogens (tertiary/aromatic N) is 3. The van der Waals surface area contributed by atoms with Gasteiger partial charge in [-0.25, -0.2) is 0 Å². The molecule has 1 amide bonds. The van der Waals surface area contributed by atoms with Crippen molar-refractivity contribution in [1.29, 1.82) is 0 Å². The van der Waals surface area contributed by atoms with Crippen molar-refractivity contribution in [3.63, 3.8) is 0 Å². The number of aromatic hydroxyl groups is 1. The highest BCUT2D eigenvalue weighted by Gasteiger charge is 2.19. The molecule has 3 aromatic rings. The molecule has 0 aliphatic heterocycles. The van der Waals surface area contributed by atoms with Crippen LogP contribution in [0.4, 0.5) is 5.69 Å². The molecular weight excluding hydrogens is 390 g/mol. The summed E-state index contributed by atoms with van der Waals surface area (Å²) in [6.45, 7) is 1.73. The second kappa shape index (κ2) is 9.08. The standard InChI is InChI=1S/C21H21N3O6/c1-4-30-18(25)12-24-17-8-6-5-7-16(17)19(21(24)27)22-23-20(26)13-9-14(28-2)11-15(10-13)29-3/h5-11,27H,4,12H2,1-3H3. The minimum Gasteiger partial charge on any atom is -0.497 e. The zero-order chi connectivity index (χ0) is 21.7. The molecule has 9 nitrogen and oxygen atoms in total. The molecule has 0 bridgehead atoms. The van der Waals surface area contributed by atoms with Gasteiger partial charge in [-0.2, -0.15) is 0 Å². The Kier molecular flexibility index (Phi) is 6.31. The fraction of sp³-hybridized carbons (Fsp3) is 0.238. The molecule has 0 saturated carbocycles. The second-order valence-corrected chi connectivity index (χ2v) is 6.19. The van der Waals surface area contributed by atoms with Crippen LogP contribution in [0.2, 0.25) is 0 Å². The Balaban J connectivity index is 1.97. The first-order valence-corrected chi connectivity index (χ1v) is 9.13. The number of fused-ring (bicyclic) bond motifs is 1. The van der Waals surface area contributed by atoms with Gasteiger partial charge in [0.1, 0.15) is 18.0 Å². The fourth-order valence-electron chi connectivity index (χ4n) is 2.95. The number of azo groups is 1. The third-order valence-electron chi connectivity index (χ3n) is 4.35. The van der Waals surface area contributed by atoms with E-state index in [9.17, 15) is 14.7 Å². The maximum Gasteiger partial charge on any atom is 0.326 e. The molecule has 156 valence electrons. The molecule has 3 rings (SSSR count). The van der Waals surface area contributed by atoms with Crippen LogP contribution in [0, 0.1) is 0 Å². The van der Waals surface area contributed by atoms with E-state index >= 15 is 0 Å². The first kappa shape index (κ1) is 20.8. The van der Waals surface area contributed by atoms with Crippen LogP contribution in [-0.2, 0) is 16.1 Å². The summed E-state index contributed by atoms with van der Waals surface area (Å²) in [5, 5.41) is 18.9. The van der Waals surface area contributed by atoms with Gasteiger partial charge in [-0.3, -0.25) is 14.2 Å². The molecular formula is C21H21N3O6. The maximum atomic E-state index is 12.5. The summed E-state index contributed by atoms with van der Waals surface area (Å²) in [4.78, 5) is 24.4. The number of benzene rings is 2. The summed E-state index contributed by atoms with van der Waals surface area (Å²) in [6, 6.07) is 11.6. The Morgan fingerprint density at radius 1 is 1.07 bits per heavy atom. The predicted octanol–water partition coefficient (Wildman–Crippen LogP) is 3.85. The van der Waals surface area contributed by atoms with Crippen LogP contribution in [0.25, 0.3) is 10.9 Å². The summed E-state index contributed by atoms with van der Waals surface area (Å²) in [6.07, 6.45) is 0. The molecule has 0 fully saturated rings. The van der Waals surface area contributed by atoms with E-state index in [-0.39, 0.29) is 30.3 Å². The van der Waals surface area contributed by atoms with Crippen molar-refractivity contribution in [2.24, 2.45) is 10.2 Å². The largest absolute Gasteiger partial charge is 0.497 e. The minimum atomic E-state index is -0.645. The van der Waals surface area contributed by atoms with Crippen molar-refractivity contribution in [2.75, 3.05) is 20.8 Å². The summed E-state index contributed by atoms with van der Waals surface area (Å²) >= 11 is 0. The van der Waals surface area contributed by atoms with Gasteiger partial charge in [0.25, 0.3) is 5.91 Å². The highest BCUT2D eigenvalue weighted by molar-refractivity contribution is 5.98. The molecule has 0 aliphatic carbocycles. The van der Waals surface area contributed by atoms with Crippen molar-refractivity contribution in [3.05, 3.63) is 48.0 Å². The molecule has 1 aromatic heterocycles. The van der Waals surface area contributed by atoms with E-state index in [0.717, 1.165) is 0 Å². The Bertz CT molecular complexity index is 1100. The molecule has 1 N–H and O–H groups in total. The van der Waals surface area contributed by atoms with E-state index in [0.29, 0.717) is 22.4 Å². The van der Waals surface area contributed by atoms with E-state index in [1.807, 2.05) is 0 Å². The number of rotatable bonds is 7. The van der Waals surface area contributed by atoms with Crippen LogP contribution in [-0.4, -0.2) is 42.4 Å². The second-order valence-electron chi connectivity index (χ2n) is 6.19. The van der Waals surface area contributed by atoms with Gasteiger partial charge in [0.15, 0.2) is 5.69 Å². The van der Waals surface area contributed by atoms with Gasteiger partial charge >= 0.3 is 5.97 Å². The monoisotopic (exact) mass is 411 g/mol. The van der Waals surface area contributed by atoms with Gasteiger partial charge in [0, 0.05) is 11.5 Å². The predicted molar refractivity (Wildman–Crippen MR) is 109 cm³/mol. The van der Waals surface area contributed by atoms with Gasteiger partial charge < -0.3 is 19.3 Å². The average Bonchev–Trinajstić information content (AvgIpc) is 3.02. The maximum absolute atomic E-state index is 12.5. The summed E-state index contributed by atoms with van der Waals surface area (Å²) in [7, 11) is 2.95. The van der Waals surface area contributed by atoms with Crippen molar-refractivity contribution in [3.8, 4) is 17.4 Å². The lowest BCUT2D eigenvalue weighted by molar-refractivity contribution is -0.143. The first-order chi connectivity index (χ1) is 14.5. The van der Waals surface area contributed by atoms with Crippen LogP contribution < -0.4 is 9.47 Å². The number of para-hydroxylation sites is 1. The average molecular weight is 411 g/mol. The number of hydrogen-bond donors (Lipinski definition) is 1. The Labute approximate surface area is 172 Å². The van der Waals surface area contributed by atoms with Gasteiger partial charge in [0.2, 0.25) is 5.88 Å². The first-order valence-electron chi connectivity index (χ1n) is 9.13. The lowest BCUT2D eigenvalue weighted by atomic mass is 10.2. The third kappa shape index (κ3) is 4.24. The molecule has 0 radical (unpaired) electrons. The van der Waals surface area contributed by atoms with Gasteiger partial charge in [-0.1, -0.05) is 18.2 Å². The van der Waals surface area contributed by atoms with Gasteiger partial charge in [-0.05, 0) is 25.1 Å². The molecule has 1 heterocycles. The SMILES string of the molecule is CCOC(=O)Cn1c(O)c(N=NC(=O)c2cc(OC)cc(OC)c2)c2ccccc21. The highest BCUT2D eigenvalue weighted by atomic mass is 16.5. The van der Waals surface area contributed by atoms with E-state index in [4.69, 9.17) is 14.2 Å². The lowest BCUT2D eigenvalue weighted by Gasteiger charge is -2.06. The van der Waals surface area contributed by atoms with Gasteiger partial charge in [0.05, 0.1) is 31.9 Å². The number of methoxy groups -OCH3 is 2. The summed E-state index contributed by atoms with van der Waals surface area (Å²) < 4.78 is 16.6. The zero-order valence-electron chi connectivity index (χ0n) is 16.8. The van der Waals surface area contributed by atoms with Crippen LogP contribution in [0.5, 0.6) is 17.4 Å². The molecule has 0 unspecified atom stereocenters. The van der Waals surface area contributed by atoms with Crippen LogP contribution in [0.3, 0.4) is 0 Å². The van der Waals surface area contributed by atoms with E-state index in [2.05, 4.69) is 10.2 Å². The molecule has 2 aromatic carbocycles. The number of hydrogen-bond acceptors (Lipinski definition) is 7. The van der Waals surface area contributed by atoms with Crippen molar-refractivity contribution < 1.29 is 28.9 Å². The molecule has 0 atom stereocenters. The quantitative estimate of drug-likeness (QED) is 0.467. The Morgan fingerprint density at radius 2 is 1.73 bits per heavy atom. The highest BCUT2D eigenvalue weighted by Crippen LogP contribution is 2.39. The molecule has 9 heteroatoms. The topological polar surface area (TPSA) is 112 Å². The Morgan fingerprint density at radius 3 is 2.37 bits per heavy atom. The molecule has 0 spiro atoms. The van der Waals surface area contributed by atoms with Crippen molar-refractivity contribution >= 4 is 28.5 Å². The Hall–Kier alpha value is -3.88. The van der Waals surface area contributed by atoms with E-state index in [1.54, 1.807) is 37.3 Å². The molecule has 0 saturated heterocycles. The number of aromatic nitrogens is 1. The number of carbonyl (C=O) groups excluding carboxylic acids is 2. The molecule has 0 aliphatic rings. The van der Waals surface area contributed by atoms with Crippen LogP contribution in [0.1, 0.15) is 17.3 Å². The van der Waals surface area contributed by atoms with Crippen molar-refractivity contribution in [2.45, 2.75) is 13.5 Å². The molecule has 30 heavy (non-hydrogen) atoms. The van der Waals surface area contributed by atoms with Crippen molar-refractivity contribution in [1.82, 2.24) is 4.57 Å². The van der Waals surface area contributed by atoms with Crippen LogP contribution in [0.15, 0.2) is 52.7 Å². The smallest absolute Gasteiger partial charge is 0.326 e. The lowest BCUT2D eigenvalue weighted by Crippen LogP contribution is -2.12. The number of amides is 1. The number of ether oxygens (including phenoxy) is 3. The van der Waals surface area contributed by atoms with E-state index < -0.39 is 11.9 Å². The normalized spacial score (nSPS) is 11.0. The number of esters is 1.